The monoisotopic (exact) mass is 647 g/mol. The highest BCUT2D eigenvalue weighted by atomic mass is 32.1. The molecule has 244 valence electrons. The molecule has 0 aliphatic carbocycles. The second-order valence-electron chi connectivity index (χ2n) is 12.6. The molecule has 5 rings (SSSR count). The van der Waals surface area contributed by atoms with Crippen LogP contribution >= 0.6 is 11.3 Å². The number of hydrogen-bond acceptors (Lipinski definition) is 8. The quantitative estimate of drug-likeness (QED) is 0.256. The molecule has 4 bridgehead atoms. The average Bonchev–Trinajstić information content (AvgIpc) is 3.71. The zero-order valence-corrected chi connectivity index (χ0v) is 28.0. The lowest BCUT2D eigenvalue weighted by Crippen LogP contribution is -2.49. The van der Waals surface area contributed by atoms with Crippen molar-refractivity contribution in [1.82, 2.24) is 35.8 Å². The van der Waals surface area contributed by atoms with E-state index < -0.39 is 29.9 Å². The topological polar surface area (TPSA) is 162 Å². The number of H-pyrrole nitrogens is 1. The van der Waals surface area contributed by atoms with E-state index in [1.165, 1.54) is 16.2 Å². The van der Waals surface area contributed by atoms with Crippen molar-refractivity contribution >= 4 is 45.9 Å². The number of thiazole rings is 1. The van der Waals surface area contributed by atoms with Crippen molar-refractivity contribution in [2.75, 3.05) is 13.1 Å². The molecule has 0 fully saturated rings. The number of para-hydroxylation sites is 1. The summed E-state index contributed by atoms with van der Waals surface area (Å²) in [4.78, 5) is 68.0. The first-order valence-corrected chi connectivity index (χ1v) is 16.4. The smallest absolute Gasteiger partial charge is 0.273 e. The fourth-order valence-corrected chi connectivity index (χ4v) is 6.70. The summed E-state index contributed by atoms with van der Waals surface area (Å²) >= 11 is 1.28. The van der Waals surface area contributed by atoms with Gasteiger partial charge < -0.3 is 30.3 Å². The number of aryl methyl sites for hydroxylation is 2. The number of aromatic nitrogens is 3. The maximum atomic E-state index is 13.9. The fourth-order valence-electron chi connectivity index (χ4n) is 5.68. The summed E-state index contributed by atoms with van der Waals surface area (Å²) in [5.74, 6) is -1.18. The maximum Gasteiger partial charge on any atom is 0.273 e. The maximum absolute atomic E-state index is 13.9. The van der Waals surface area contributed by atoms with Crippen molar-refractivity contribution in [3.05, 3.63) is 68.9 Å². The Labute approximate surface area is 271 Å². The van der Waals surface area contributed by atoms with Gasteiger partial charge in [0, 0.05) is 34.6 Å². The van der Waals surface area contributed by atoms with Crippen LogP contribution in [-0.4, -0.2) is 62.6 Å². The summed E-state index contributed by atoms with van der Waals surface area (Å²) in [5.41, 5.74) is 2.95. The molecular formula is C33H41N7O5S. The zero-order valence-electron chi connectivity index (χ0n) is 27.2. The van der Waals surface area contributed by atoms with Crippen LogP contribution in [0.1, 0.15) is 95.6 Å². The Morgan fingerprint density at radius 2 is 1.72 bits per heavy atom. The van der Waals surface area contributed by atoms with Gasteiger partial charge in [0.1, 0.15) is 22.5 Å². The summed E-state index contributed by atoms with van der Waals surface area (Å²) in [6.45, 7) is 12.9. The van der Waals surface area contributed by atoms with Crippen LogP contribution in [0, 0.1) is 25.7 Å². The molecule has 13 heteroatoms. The molecule has 4 N–H and O–H groups in total. The third-order valence-corrected chi connectivity index (χ3v) is 9.09. The first kappa shape index (κ1) is 32.9. The molecular weight excluding hydrogens is 606 g/mol. The fraction of sp³-hybridized carbons (Fsp3) is 0.455. The molecule has 4 aromatic rings. The van der Waals surface area contributed by atoms with Crippen LogP contribution in [0.15, 0.2) is 34.1 Å². The number of carbonyl (C=O) groups is 4. The highest BCUT2D eigenvalue weighted by Crippen LogP contribution is 2.28. The van der Waals surface area contributed by atoms with Crippen LogP contribution in [0.4, 0.5) is 0 Å². The van der Waals surface area contributed by atoms with Crippen LogP contribution in [-0.2, 0) is 16.0 Å². The van der Waals surface area contributed by atoms with E-state index in [2.05, 4.69) is 30.9 Å². The van der Waals surface area contributed by atoms with E-state index in [1.54, 1.807) is 19.2 Å². The first-order chi connectivity index (χ1) is 21.8. The summed E-state index contributed by atoms with van der Waals surface area (Å²) < 4.78 is 5.90. The summed E-state index contributed by atoms with van der Waals surface area (Å²) in [7, 11) is 0. The Morgan fingerprint density at radius 1 is 1.00 bits per heavy atom. The van der Waals surface area contributed by atoms with E-state index in [4.69, 9.17) is 4.42 Å². The molecule has 0 radical (unpaired) electrons. The number of aromatic amines is 1. The number of benzene rings is 1. The van der Waals surface area contributed by atoms with E-state index in [-0.39, 0.29) is 60.4 Å². The van der Waals surface area contributed by atoms with Crippen molar-refractivity contribution < 1.29 is 23.6 Å². The van der Waals surface area contributed by atoms with Crippen molar-refractivity contribution in [1.29, 1.82) is 0 Å². The van der Waals surface area contributed by atoms with Gasteiger partial charge in [0.2, 0.25) is 17.7 Å². The normalized spacial score (nSPS) is 20.0. The molecule has 4 amide bonds. The second-order valence-corrected chi connectivity index (χ2v) is 13.5. The van der Waals surface area contributed by atoms with Gasteiger partial charge in [0.25, 0.3) is 11.8 Å². The van der Waals surface area contributed by atoms with Gasteiger partial charge in [-0.3, -0.25) is 19.2 Å². The van der Waals surface area contributed by atoms with Crippen LogP contribution in [0.3, 0.4) is 0 Å². The number of carbonyl (C=O) groups excluding carboxylic acids is 4. The number of nitrogens with zero attached hydrogens (tertiary/aromatic N) is 3. The average molecular weight is 648 g/mol. The van der Waals surface area contributed by atoms with Crippen molar-refractivity contribution in [2.24, 2.45) is 11.8 Å². The standard InChI is InChI=1S/C33H41N7O5S/c1-16(2)27-32-39-29(20(7)45-32)31(44)34-18(5)13-40(26(42)12-22-19(6)35-23-11-9-8-10-21(22)23)14-25(41)37-28(17(3)4)33-36-24(15-46-33)30(43)38-27/h8-11,15-18,27-28,35H,12-14H2,1-7H3,(H,34,44)(H,37,41)(H,38,43)/t18-,27-,28+/m1/s1. The summed E-state index contributed by atoms with van der Waals surface area (Å²) in [6.07, 6.45) is 0.0741. The molecule has 3 aromatic heterocycles. The van der Waals surface area contributed by atoms with Gasteiger partial charge in [-0.1, -0.05) is 45.9 Å². The molecule has 1 aliphatic heterocycles. The number of hydrogen-bond donors (Lipinski definition) is 4. The second kappa shape index (κ2) is 13.5. The molecule has 3 atom stereocenters. The van der Waals surface area contributed by atoms with Crippen LogP contribution in [0.25, 0.3) is 10.9 Å². The zero-order chi connectivity index (χ0) is 33.3. The largest absolute Gasteiger partial charge is 0.443 e. The van der Waals surface area contributed by atoms with Gasteiger partial charge in [-0.05, 0) is 44.2 Å². The Balaban J connectivity index is 1.50. The Morgan fingerprint density at radius 3 is 2.43 bits per heavy atom. The van der Waals surface area contributed by atoms with Gasteiger partial charge >= 0.3 is 0 Å². The Bertz CT molecular complexity index is 1770. The minimum atomic E-state index is -0.615. The lowest BCUT2D eigenvalue weighted by atomic mass is 10.0. The van der Waals surface area contributed by atoms with Gasteiger partial charge in [-0.25, -0.2) is 9.97 Å². The predicted octanol–water partition coefficient (Wildman–Crippen LogP) is 4.37. The SMILES string of the molecule is Cc1[nH]c2ccccc2c1CC(=O)N1CC(=O)N[C@@H](C(C)C)c2nc(cs2)C(=O)N[C@H](C(C)C)c2nc(c(C)o2)C(=O)N[C@H](C)C1. The van der Waals surface area contributed by atoms with E-state index in [9.17, 15) is 19.2 Å². The lowest BCUT2D eigenvalue weighted by molar-refractivity contribution is -0.136. The van der Waals surface area contributed by atoms with E-state index in [1.807, 2.05) is 58.9 Å². The number of amides is 4. The molecule has 0 spiro atoms. The summed E-state index contributed by atoms with van der Waals surface area (Å²) in [6, 6.07) is 6.14. The molecule has 0 saturated heterocycles. The predicted molar refractivity (Wildman–Crippen MR) is 174 cm³/mol. The minimum absolute atomic E-state index is 0.0510. The first-order valence-electron chi connectivity index (χ1n) is 15.5. The molecule has 12 nitrogen and oxygen atoms in total. The van der Waals surface area contributed by atoms with E-state index in [0.29, 0.717) is 10.8 Å². The number of oxazole rings is 1. The van der Waals surface area contributed by atoms with Gasteiger partial charge in [0.05, 0.1) is 19.0 Å². The Hall–Kier alpha value is -4.52. The van der Waals surface area contributed by atoms with Gasteiger partial charge in [-0.15, -0.1) is 11.3 Å². The van der Waals surface area contributed by atoms with Crippen molar-refractivity contribution in [3.8, 4) is 0 Å². The summed E-state index contributed by atoms with van der Waals surface area (Å²) in [5, 5.41) is 12.1. The molecule has 4 heterocycles. The van der Waals surface area contributed by atoms with Gasteiger partial charge in [0.15, 0.2) is 5.69 Å². The molecule has 0 saturated carbocycles. The Kier molecular flexibility index (Phi) is 9.61. The van der Waals surface area contributed by atoms with Crippen molar-refractivity contribution in [3.63, 3.8) is 0 Å². The number of nitrogens with one attached hydrogen (secondary N) is 4. The third kappa shape index (κ3) is 6.99. The minimum Gasteiger partial charge on any atom is -0.443 e. The molecule has 46 heavy (non-hydrogen) atoms. The third-order valence-electron chi connectivity index (χ3n) is 8.17. The molecule has 0 unspecified atom stereocenters. The van der Waals surface area contributed by atoms with E-state index in [0.717, 1.165) is 22.2 Å². The van der Waals surface area contributed by atoms with Crippen molar-refractivity contribution in [2.45, 2.75) is 73.0 Å². The highest BCUT2D eigenvalue weighted by Gasteiger charge is 2.31. The molecule has 1 aromatic carbocycles. The van der Waals surface area contributed by atoms with Crippen LogP contribution in [0.5, 0.6) is 0 Å². The van der Waals surface area contributed by atoms with Crippen LogP contribution in [0.2, 0.25) is 0 Å². The number of rotatable bonds is 4. The van der Waals surface area contributed by atoms with Gasteiger partial charge in [-0.2, -0.15) is 0 Å². The van der Waals surface area contributed by atoms with E-state index >= 15 is 0 Å². The lowest BCUT2D eigenvalue weighted by Gasteiger charge is -2.28. The number of fused-ring (bicyclic) bond motifs is 5. The molecule has 1 aliphatic rings. The van der Waals surface area contributed by atoms with Crippen LogP contribution < -0.4 is 16.0 Å². The highest BCUT2D eigenvalue weighted by molar-refractivity contribution is 7.09.